The second kappa shape index (κ2) is 5.99. The zero-order chi connectivity index (χ0) is 15.6. The summed E-state index contributed by atoms with van der Waals surface area (Å²) in [5.74, 6) is -1.31. The van der Waals surface area contributed by atoms with Gasteiger partial charge < -0.3 is 4.74 Å². The van der Waals surface area contributed by atoms with Crippen LogP contribution in [0.3, 0.4) is 0 Å². The van der Waals surface area contributed by atoms with E-state index in [1.54, 1.807) is 13.0 Å². The van der Waals surface area contributed by atoms with Gasteiger partial charge in [-0.15, -0.1) is 0 Å². The maximum absolute atomic E-state index is 13.7. The van der Waals surface area contributed by atoms with Crippen molar-refractivity contribution in [2.45, 2.75) is 18.4 Å². The van der Waals surface area contributed by atoms with E-state index in [0.29, 0.717) is 11.1 Å². The minimum Gasteiger partial charge on any atom is -0.486 e. The lowest BCUT2D eigenvalue weighted by atomic mass is 10.1. The third-order valence-electron chi connectivity index (χ3n) is 2.87. The second-order valence-electron chi connectivity index (χ2n) is 4.39. The normalized spacial score (nSPS) is 11.4. The molecular formula is C14H11ClF2O3S. The lowest BCUT2D eigenvalue weighted by Gasteiger charge is -2.10. The van der Waals surface area contributed by atoms with Crippen LogP contribution in [-0.2, 0) is 15.7 Å². The van der Waals surface area contributed by atoms with E-state index in [1.807, 2.05) is 0 Å². The Labute approximate surface area is 125 Å². The molecule has 2 aromatic rings. The molecule has 7 heteroatoms. The smallest absolute Gasteiger partial charge is 0.261 e. The van der Waals surface area contributed by atoms with Crippen molar-refractivity contribution < 1.29 is 21.9 Å². The largest absolute Gasteiger partial charge is 0.486 e. The highest BCUT2D eigenvalue weighted by Gasteiger charge is 2.14. The lowest BCUT2D eigenvalue weighted by molar-refractivity contribution is 0.289. The minimum absolute atomic E-state index is 0.0377. The number of hydrogen-bond donors (Lipinski definition) is 0. The van der Waals surface area contributed by atoms with Gasteiger partial charge in [0, 0.05) is 10.7 Å². The SMILES string of the molecule is Cc1cc(F)ccc1COc1ccc(S(=O)(=O)Cl)cc1F. The zero-order valence-corrected chi connectivity index (χ0v) is 12.5. The molecule has 0 N–H and O–H groups in total. The molecule has 0 aliphatic rings. The molecule has 0 amide bonds. The Morgan fingerprint density at radius 3 is 2.43 bits per heavy atom. The van der Waals surface area contributed by atoms with Gasteiger partial charge >= 0.3 is 0 Å². The Hall–Kier alpha value is -1.66. The predicted molar refractivity (Wildman–Crippen MR) is 74.9 cm³/mol. The Kier molecular flexibility index (Phi) is 4.49. The van der Waals surface area contributed by atoms with Crippen LogP contribution in [0.25, 0.3) is 0 Å². The van der Waals surface area contributed by atoms with E-state index in [-0.39, 0.29) is 23.1 Å². The van der Waals surface area contributed by atoms with Crippen LogP contribution in [-0.4, -0.2) is 8.42 Å². The van der Waals surface area contributed by atoms with Gasteiger partial charge in [-0.2, -0.15) is 0 Å². The summed E-state index contributed by atoms with van der Waals surface area (Å²) in [4.78, 5) is -0.341. The predicted octanol–water partition coefficient (Wildman–Crippen LogP) is 3.78. The molecule has 3 nitrogen and oxygen atoms in total. The molecule has 0 radical (unpaired) electrons. The van der Waals surface area contributed by atoms with Gasteiger partial charge in [0.25, 0.3) is 9.05 Å². The lowest BCUT2D eigenvalue weighted by Crippen LogP contribution is -2.01. The molecule has 0 bridgehead atoms. The minimum atomic E-state index is -3.99. The summed E-state index contributed by atoms with van der Waals surface area (Å²) in [6.07, 6.45) is 0. The van der Waals surface area contributed by atoms with Gasteiger partial charge in [-0.3, -0.25) is 0 Å². The van der Waals surface area contributed by atoms with Crippen molar-refractivity contribution in [1.29, 1.82) is 0 Å². The van der Waals surface area contributed by atoms with Crippen molar-refractivity contribution in [3.8, 4) is 5.75 Å². The maximum Gasteiger partial charge on any atom is 0.261 e. The van der Waals surface area contributed by atoms with Gasteiger partial charge in [0.2, 0.25) is 0 Å². The Morgan fingerprint density at radius 1 is 1.14 bits per heavy atom. The van der Waals surface area contributed by atoms with E-state index >= 15 is 0 Å². The van der Waals surface area contributed by atoms with Crippen molar-refractivity contribution >= 4 is 19.7 Å². The summed E-state index contributed by atoms with van der Waals surface area (Å²) in [7, 11) is 1.13. The van der Waals surface area contributed by atoms with E-state index in [0.717, 1.165) is 12.1 Å². The average Bonchev–Trinajstić information content (AvgIpc) is 2.38. The first-order valence-corrected chi connectivity index (χ1v) is 8.20. The molecule has 0 saturated carbocycles. The molecule has 21 heavy (non-hydrogen) atoms. The van der Waals surface area contributed by atoms with Gasteiger partial charge in [-0.1, -0.05) is 6.07 Å². The summed E-state index contributed by atoms with van der Waals surface area (Å²) in [5, 5.41) is 0. The van der Waals surface area contributed by atoms with Crippen LogP contribution in [0.15, 0.2) is 41.3 Å². The Bertz CT molecular complexity index is 776. The molecule has 0 aliphatic carbocycles. The quantitative estimate of drug-likeness (QED) is 0.800. The third kappa shape index (κ3) is 3.92. The Morgan fingerprint density at radius 2 is 1.86 bits per heavy atom. The first-order valence-electron chi connectivity index (χ1n) is 5.89. The van der Waals surface area contributed by atoms with E-state index in [4.69, 9.17) is 15.4 Å². The van der Waals surface area contributed by atoms with Crippen LogP contribution in [0.4, 0.5) is 8.78 Å². The highest BCUT2D eigenvalue weighted by atomic mass is 35.7. The molecular weight excluding hydrogens is 322 g/mol. The topological polar surface area (TPSA) is 43.4 Å². The van der Waals surface area contributed by atoms with Crippen molar-refractivity contribution in [2.24, 2.45) is 0 Å². The molecule has 0 aromatic heterocycles. The Balaban J connectivity index is 2.17. The highest BCUT2D eigenvalue weighted by Crippen LogP contribution is 2.24. The second-order valence-corrected chi connectivity index (χ2v) is 6.96. The molecule has 0 atom stereocenters. The fourth-order valence-corrected chi connectivity index (χ4v) is 2.49. The number of aryl methyl sites for hydroxylation is 1. The number of hydrogen-bond acceptors (Lipinski definition) is 3. The number of ether oxygens (including phenoxy) is 1. The molecule has 112 valence electrons. The summed E-state index contributed by atoms with van der Waals surface area (Å²) in [6.45, 7) is 1.75. The van der Waals surface area contributed by atoms with Crippen LogP contribution in [0.5, 0.6) is 5.75 Å². The molecule has 0 saturated heterocycles. The monoisotopic (exact) mass is 332 g/mol. The highest BCUT2D eigenvalue weighted by molar-refractivity contribution is 8.13. The first-order chi connectivity index (χ1) is 9.77. The fraction of sp³-hybridized carbons (Fsp3) is 0.143. The molecule has 0 spiro atoms. The molecule has 0 heterocycles. The van der Waals surface area contributed by atoms with Gasteiger partial charge in [-0.05, 0) is 48.4 Å². The van der Waals surface area contributed by atoms with Crippen molar-refractivity contribution in [1.82, 2.24) is 0 Å². The van der Waals surface area contributed by atoms with E-state index in [9.17, 15) is 17.2 Å². The van der Waals surface area contributed by atoms with Gasteiger partial charge in [0.05, 0.1) is 4.90 Å². The van der Waals surface area contributed by atoms with Gasteiger partial charge in [-0.25, -0.2) is 17.2 Å². The maximum atomic E-state index is 13.7. The standard InChI is InChI=1S/C14H11ClF2O3S/c1-9-6-11(16)3-2-10(9)8-20-14-5-4-12(7-13(14)17)21(15,18)19/h2-7H,8H2,1H3. The average molecular weight is 333 g/mol. The van der Waals surface area contributed by atoms with E-state index in [2.05, 4.69) is 0 Å². The van der Waals surface area contributed by atoms with Gasteiger partial charge in [0.1, 0.15) is 12.4 Å². The van der Waals surface area contributed by atoms with Crippen LogP contribution in [0, 0.1) is 18.6 Å². The third-order valence-corrected chi connectivity index (χ3v) is 4.22. The summed E-state index contributed by atoms with van der Waals surface area (Å²) >= 11 is 0. The fourth-order valence-electron chi connectivity index (χ4n) is 1.73. The van der Waals surface area contributed by atoms with Crippen molar-refractivity contribution in [3.05, 3.63) is 59.2 Å². The summed E-state index contributed by atoms with van der Waals surface area (Å²) in [5.41, 5.74) is 1.38. The van der Waals surface area contributed by atoms with Gasteiger partial charge in [0.15, 0.2) is 11.6 Å². The molecule has 0 aliphatic heterocycles. The number of halogens is 3. The van der Waals surface area contributed by atoms with Crippen LogP contribution >= 0.6 is 10.7 Å². The molecule has 0 fully saturated rings. The van der Waals surface area contributed by atoms with E-state index in [1.165, 1.54) is 18.2 Å². The summed E-state index contributed by atoms with van der Waals surface area (Å²) in [6, 6.07) is 7.29. The van der Waals surface area contributed by atoms with Crippen LogP contribution in [0.2, 0.25) is 0 Å². The number of rotatable bonds is 4. The van der Waals surface area contributed by atoms with Crippen LogP contribution in [0.1, 0.15) is 11.1 Å². The van der Waals surface area contributed by atoms with Crippen molar-refractivity contribution in [2.75, 3.05) is 0 Å². The summed E-state index contributed by atoms with van der Waals surface area (Å²) < 4.78 is 54.1. The first kappa shape index (κ1) is 15.7. The van der Waals surface area contributed by atoms with Crippen molar-refractivity contribution in [3.63, 3.8) is 0 Å². The molecule has 0 unspecified atom stereocenters. The number of benzene rings is 2. The van der Waals surface area contributed by atoms with Crippen LogP contribution < -0.4 is 4.74 Å². The van der Waals surface area contributed by atoms with E-state index < -0.39 is 14.9 Å². The zero-order valence-electron chi connectivity index (χ0n) is 10.9. The molecule has 2 aromatic carbocycles. The molecule has 2 rings (SSSR count).